The molecule has 1 aliphatic carbocycles. The van der Waals surface area contributed by atoms with Crippen molar-refractivity contribution in [3.8, 4) is 0 Å². The highest BCUT2D eigenvalue weighted by Gasteiger charge is 2.27. The number of carbonyl (C=O) groups excluding carboxylic acids is 1. The third-order valence-corrected chi connectivity index (χ3v) is 3.69. The molecule has 0 spiro atoms. The Morgan fingerprint density at radius 3 is 2.89 bits per heavy atom. The number of aromatic nitrogens is 2. The van der Waals surface area contributed by atoms with E-state index in [-0.39, 0.29) is 12.1 Å². The van der Waals surface area contributed by atoms with E-state index in [1.54, 1.807) is 0 Å². The Kier molecular flexibility index (Phi) is 2.78. The van der Waals surface area contributed by atoms with E-state index < -0.39 is 0 Å². The molecule has 0 radical (unpaired) electrons. The Labute approximate surface area is 105 Å². The van der Waals surface area contributed by atoms with Crippen LogP contribution in [0.5, 0.6) is 0 Å². The summed E-state index contributed by atoms with van der Waals surface area (Å²) in [4.78, 5) is 19.2. The number of nitrogens with one attached hydrogen (secondary N) is 1. The molecule has 1 N–H and O–H groups in total. The minimum absolute atomic E-state index is 0.0144. The number of rotatable bonds is 3. The Balaban J connectivity index is 1.74. The second kappa shape index (κ2) is 4.44. The van der Waals surface area contributed by atoms with Crippen LogP contribution < -0.4 is 0 Å². The topological polar surface area (TPSA) is 55.0 Å². The first kappa shape index (κ1) is 11.3. The maximum atomic E-state index is 12.0. The Hall–Kier alpha value is -1.84. The zero-order chi connectivity index (χ0) is 12.5. The van der Waals surface area contributed by atoms with Crippen molar-refractivity contribution in [2.24, 2.45) is 5.92 Å². The van der Waals surface area contributed by atoms with Gasteiger partial charge < -0.3 is 9.72 Å². The lowest BCUT2D eigenvalue weighted by atomic mass is 9.82. The average Bonchev–Trinajstić information content (AvgIpc) is 2.69. The summed E-state index contributed by atoms with van der Waals surface area (Å²) in [6, 6.07) is 7.58. The maximum absolute atomic E-state index is 12.0. The number of hydrogen-bond donors (Lipinski definition) is 1. The second-order valence-electron chi connectivity index (χ2n) is 4.90. The predicted octanol–water partition coefficient (Wildman–Crippen LogP) is 2.91. The van der Waals surface area contributed by atoms with Gasteiger partial charge >= 0.3 is 5.97 Å². The third kappa shape index (κ3) is 1.98. The van der Waals surface area contributed by atoms with Crippen molar-refractivity contribution in [1.29, 1.82) is 0 Å². The quantitative estimate of drug-likeness (QED) is 0.844. The lowest BCUT2D eigenvalue weighted by Crippen LogP contribution is -2.29. The summed E-state index contributed by atoms with van der Waals surface area (Å²) in [5.41, 5.74) is 1.65. The summed E-state index contributed by atoms with van der Waals surface area (Å²) in [6.07, 6.45) is 3.56. The third-order valence-electron chi connectivity index (χ3n) is 3.69. The SMILES string of the molecule is CC(OC(=O)c1nc2ccccc2[nH]1)C1CCC1. The molecule has 3 rings (SSSR count). The summed E-state index contributed by atoms with van der Waals surface area (Å²) in [5.74, 6) is 0.464. The molecule has 0 bridgehead atoms. The van der Waals surface area contributed by atoms with Crippen LogP contribution in [0, 0.1) is 5.92 Å². The summed E-state index contributed by atoms with van der Waals surface area (Å²) in [5, 5.41) is 0. The molecule has 0 aliphatic heterocycles. The van der Waals surface area contributed by atoms with Crippen LogP contribution in [0.1, 0.15) is 36.8 Å². The van der Waals surface area contributed by atoms with Gasteiger partial charge in [0, 0.05) is 0 Å². The first-order valence-corrected chi connectivity index (χ1v) is 6.40. The Bertz CT molecular complexity index is 539. The summed E-state index contributed by atoms with van der Waals surface area (Å²) in [7, 11) is 0. The van der Waals surface area contributed by atoms with Gasteiger partial charge in [-0.2, -0.15) is 0 Å². The summed E-state index contributed by atoms with van der Waals surface area (Å²) in [6.45, 7) is 1.96. The van der Waals surface area contributed by atoms with E-state index in [9.17, 15) is 4.79 Å². The number of H-pyrrole nitrogens is 1. The molecule has 94 valence electrons. The van der Waals surface area contributed by atoms with Crippen LogP contribution in [-0.4, -0.2) is 22.0 Å². The van der Waals surface area contributed by atoms with E-state index in [2.05, 4.69) is 9.97 Å². The van der Waals surface area contributed by atoms with E-state index >= 15 is 0 Å². The number of benzene rings is 1. The van der Waals surface area contributed by atoms with Crippen molar-refractivity contribution in [2.75, 3.05) is 0 Å². The van der Waals surface area contributed by atoms with Crippen LogP contribution >= 0.6 is 0 Å². The number of hydrogen-bond acceptors (Lipinski definition) is 3. The highest BCUT2D eigenvalue weighted by molar-refractivity contribution is 5.90. The molecule has 1 unspecified atom stereocenters. The summed E-state index contributed by atoms with van der Waals surface area (Å²) < 4.78 is 5.44. The van der Waals surface area contributed by atoms with Gasteiger partial charge in [0.1, 0.15) is 6.10 Å². The first-order chi connectivity index (χ1) is 8.74. The van der Waals surface area contributed by atoms with Crippen LogP contribution in [0.3, 0.4) is 0 Å². The van der Waals surface area contributed by atoms with Gasteiger partial charge in [0.2, 0.25) is 5.82 Å². The molecule has 1 fully saturated rings. The van der Waals surface area contributed by atoms with Crippen molar-refractivity contribution >= 4 is 17.0 Å². The van der Waals surface area contributed by atoms with Gasteiger partial charge in [0.15, 0.2) is 0 Å². The smallest absolute Gasteiger partial charge is 0.374 e. The van der Waals surface area contributed by atoms with Crippen molar-refractivity contribution in [2.45, 2.75) is 32.3 Å². The normalized spacial score (nSPS) is 17.4. The highest BCUT2D eigenvalue weighted by Crippen LogP contribution is 2.31. The molecular weight excluding hydrogens is 228 g/mol. The lowest BCUT2D eigenvalue weighted by molar-refractivity contribution is 0.00549. The molecule has 1 saturated carbocycles. The number of esters is 1. The van der Waals surface area contributed by atoms with Gasteiger partial charge in [0.25, 0.3) is 0 Å². The summed E-state index contributed by atoms with van der Waals surface area (Å²) >= 11 is 0. The minimum atomic E-state index is -0.356. The van der Waals surface area contributed by atoms with Crippen molar-refractivity contribution in [3.63, 3.8) is 0 Å². The number of para-hydroxylation sites is 2. The van der Waals surface area contributed by atoms with Gasteiger partial charge in [-0.15, -0.1) is 0 Å². The standard InChI is InChI=1S/C14H16N2O2/c1-9(10-5-4-6-10)18-14(17)13-15-11-7-2-3-8-12(11)16-13/h2-3,7-10H,4-6H2,1H3,(H,15,16). The van der Waals surface area contributed by atoms with E-state index in [1.165, 1.54) is 6.42 Å². The molecular formula is C14H16N2O2. The fraction of sp³-hybridized carbons (Fsp3) is 0.429. The van der Waals surface area contributed by atoms with Gasteiger partial charge in [-0.25, -0.2) is 9.78 Å². The number of imidazole rings is 1. The molecule has 1 aromatic carbocycles. The molecule has 18 heavy (non-hydrogen) atoms. The number of nitrogens with zero attached hydrogens (tertiary/aromatic N) is 1. The minimum Gasteiger partial charge on any atom is -0.457 e. The fourth-order valence-electron chi connectivity index (χ4n) is 2.28. The van der Waals surface area contributed by atoms with Crippen LogP contribution in [0.2, 0.25) is 0 Å². The Morgan fingerprint density at radius 1 is 1.44 bits per heavy atom. The van der Waals surface area contributed by atoms with E-state index in [0.717, 1.165) is 23.9 Å². The second-order valence-corrected chi connectivity index (χ2v) is 4.90. The largest absolute Gasteiger partial charge is 0.457 e. The van der Waals surface area contributed by atoms with Gasteiger partial charge in [0.05, 0.1) is 11.0 Å². The molecule has 0 saturated heterocycles. The van der Waals surface area contributed by atoms with Crippen molar-refractivity contribution in [3.05, 3.63) is 30.1 Å². The number of ether oxygens (including phenoxy) is 1. The molecule has 1 heterocycles. The molecule has 1 aliphatic rings. The molecule has 0 amide bonds. The Morgan fingerprint density at radius 2 is 2.22 bits per heavy atom. The number of carbonyl (C=O) groups is 1. The first-order valence-electron chi connectivity index (χ1n) is 6.40. The van der Waals surface area contributed by atoms with Gasteiger partial charge in [-0.05, 0) is 37.8 Å². The molecule has 1 atom stereocenters. The zero-order valence-electron chi connectivity index (χ0n) is 10.3. The predicted molar refractivity (Wildman–Crippen MR) is 68.3 cm³/mol. The van der Waals surface area contributed by atoms with Gasteiger partial charge in [-0.1, -0.05) is 18.6 Å². The monoisotopic (exact) mass is 244 g/mol. The maximum Gasteiger partial charge on any atom is 0.374 e. The van der Waals surface area contributed by atoms with Crippen molar-refractivity contribution in [1.82, 2.24) is 9.97 Å². The average molecular weight is 244 g/mol. The molecule has 1 aromatic heterocycles. The fourth-order valence-corrected chi connectivity index (χ4v) is 2.28. The van der Waals surface area contributed by atoms with E-state index in [0.29, 0.717) is 11.7 Å². The lowest BCUT2D eigenvalue weighted by Gasteiger charge is -2.30. The van der Waals surface area contributed by atoms with E-state index in [4.69, 9.17) is 4.74 Å². The van der Waals surface area contributed by atoms with Gasteiger partial charge in [-0.3, -0.25) is 0 Å². The van der Waals surface area contributed by atoms with Crippen molar-refractivity contribution < 1.29 is 9.53 Å². The number of fused-ring (bicyclic) bond motifs is 1. The van der Waals surface area contributed by atoms with Crippen LogP contribution in [0.4, 0.5) is 0 Å². The molecule has 4 heteroatoms. The number of aromatic amines is 1. The van der Waals surface area contributed by atoms with E-state index in [1.807, 2.05) is 31.2 Å². The van der Waals surface area contributed by atoms with Crippen LogP contribution in [0.25, 0.3) is 11.0 Å². The molecule has 2 aromatic rings. The zero-order valence-corrected chi connectivity index (χ0v) is 10.3. The highest BCUT2D eigenvalue weighted by atomic mass is 16.5. The molecule has 4 nitrogen and oxygen atoms in total. The van der Waals surface area contributed by atoms with Crippen LogP contribution in [0.15, 0.2) is 24.3 Å². The van der Waals surface area contributed by atoms with Crippen LogP contribution in [-0.2, 0) is 4.74 Å².